The second-order valence-electron chi connectivity index (χ2n) is 6.13. The molecular formula is C15H28ClNO3Si. The molecule has 0 aromatic heterocycles. The molecule has 0 bridgehead atoms. The topological polar surface area (TPSA) is 27.7 Å². The lowest BCUT2D eigenvalue weighted by molar-refractivity contribution is -0.884. The first-order valence-corrected chi connectivity index (χ1v) is 8.63. The van der Waals surface area contributed by atoms with Crippen molar-refractivity contribution in [3.63, 3.8) is 0 Å². The molecule has 0 spiro atoms. The summed E-state index contributed by atoms with van der Waals surface area (Å²) >= 11 is 0. The average Bonchev–Trinajstić information content (AvgIpc) is 2.40. The van der Waals surface area contributed by atoms with Gasteiger partial charge in [0.25, 0.3) is 0 Å². The molecule has 21 heavy (non-hydrogen) atoms. The van der Waals surface area contributed by atoms with Crippen LogP contribution in [0.4, 0.5) is 0 Å². The lowest BCUT2D eigenvalue weighted by Crippen LogP contribution is -3.00. The molecule has 0 aliphatic carbocycles. The van der Waals surface area contributed by atoms with Crippen LogP contribution in [-0.2, 0) is 19.8 Å². The highest BCUT2D eigenvalue weighted by molar-refractivity contribution is 6.62. The molecule has 0 heterocycles. The van der Waals surface area contributed by atoms with E-state index in [0.29, 0.717) is 0 Å². The van der Waals surface area contributed by atoms with E-state index in [-0.39, 0.29) is 17.9 Å². The predicted octanol–water partition coefficient (Wildman–Crippen LogP) is -0.582. The van der Waals surface area contributed by atoms with E-state index in [1.54, 1.807) is 21.3 Å². The lowest BCUT2D eigenvalue weighted by atomic mass is 10.1. The fourth-order valence-electron chi connectivity index (χ4n) is 2.44. The first-order chi connectivity index (χ1) is 9.28. The second kappa shape index (κ2) is 8.27. The Hall–Kier alpha value is -0.433. The van der Waals surface area contributed by atoms with Gasteiger partial charge in [-0.2, -0.15) is 0 Å². The van der Waals surface area contributed by atoms with E-state index in [2.05, 4.69) is 52.3 Å². The Balaban J connectivity index is 0.00000400. The van der Waals surface area contributed by atoms with Gasteiger partial charge in [-0.15, -0.1) is 0 Å². The third-order valence-corrected chi connectivity index (χ3v) is 6.62. The van der Waals surface area contributed by atoms with Crippen molar-refractivity contribution in [1.82, 2.24) is 0 Å². The zero-order valence-electron chi connectivity index (χ0n) is 14.1. The number of halogens is 1. The van der Waals surface area contributed by atoms with E-state index in [0.717, 1.165) is 11.0 Å². The fraction of sp³-hybridized carbons (Fsp3) is 0.600. The Bertz CT molecular complexity index is 408. The Morgan fingerprint density at radius 2 is 1.38 bits per heavy atom. The van der Waals surface area contributed by atoms with Gasteiger partial charge >= 0.3 is 8.80 Å². The molecule has 6 heteroatoms. The van der Waals surface area contributed by atoms with Gasteiger partial charge in [0, 0.05) is 26.9 Å². The summed E-state index contributed by atoms with van der Waals surface area (Å²) in [5.74, 6) is 0. The molecule has 122 valence electrons. The van der Waals surface area contributed by atoms with Crippen molar-refractivity contribution in [2.24, 2.45) is 0 Å². The Morgan fingerprint density at radius 3 is 1.71 bits per heavy atom. The van der Waals surface area contributed by atoms with Crippen molar-refractivity contribution in [3.8, 4) is 0 Å². The summed E-state index contributed by atoms with van der Waals surface area (Å²) in [6.45, 7) is 3.10. The number of hydrogen-bond acceptors (Lipinski definition) is 3. The molecule has 0 aliphatic heterocycles. The third-order valence-electron chi connectivity index (χ3n) is 3.52. The summed E-state index contributed by atoms with van der Waals surface area (Å²) in [7, 11) is 8.90. The monoisotopic (exact) mass is 333 g/mol. The SMILES string of the molecule is CO[Si](OC)(OC)C(C)c1ccc(C[N+](C)(C)C)cc1.[Cl-]. The molecule has 0 radical (unpaired) electrons. The van der Waals surface area contributed by atoms with Gasteiger partial charge in [0.05, 0.1) is 26.7 Å². The van der Waals surface area contributed by atoms with Crippen LogP contribution in [0.15, 0.2) is 24.3 Å². The molecule has 0 fully saturated rings. The summed E-state index contributed by atoms with van der Waals surface area (Å²) in [4.78, 5) is 0. The standard InChI is InChI=1S/C15H28NO3Si.ClH/c1-13(20(17-5,18-6)19-7)15-10-8-14(9-11-15)12-16(2,3)4;/h8-11,13H,12H2,1-7H3;1H/q+1;/p-1. The Kier molecular flexibility index (Phi) is 8.10. The number of nitrogens with zero attached hydrogens (tertiary/aromatic N) is 1. The number of benzene rings is 1. The van der Waals surface area contributed by atoms with Gasteiger partial charge in [-0.05, 0) is 5.56 Å². The minimum atomic E-state index is -2.63. The molecule has 4 nitrogen and oxygen atoms in total. The Labute approximate surface area is 136 Å². The van der Waals surface area contributed by atoms with E-state index in [1.807, 2.05) is 0 Å². The van der Waals surface area contributed by atoms with Crippen LogP contribution in [0.3, 0.4) is 0 Å². The molecule has 1 atom stereocenters. The van der Waals surface area contributed by atoms with E-state index in [9.17, 15) is 0 Å². The molecular weight excluding hydrogens is 306 g/mol. The molecule has 1 rings (SSSR count). The first kappa shape index (κ1) is 20.6. The Morgan fingerprint density at radius 1 is 0.952 bits per heavy atom. The fourth-order valence-corrected chi connectivity index (χ4v) is 4.61. The molecule has 1 aromatic rings. The molecule has 0 saturated carbocycles. The molecule has 0 N–H and O–H groups in total. The van der Waals surface area contributed by atoms with Gasteiger partial charge in [0.2, 0.25) is 0 Å². The quantitative estimate of drug-likeness (QED) is 0.493. The van der Waals surface area contributed by atoms with Gasteiger partial charge in [-0.3, -0.25) is 0 Å². The van der Waals surface area contributed by atoms with Crippen LogP contribution in [0.1, 0.15) is 23.6 Å². The summed E-state index contributed by atoms with van der Waals surface area (Å²) < 4.78 is 17.6. The van der Waals surface area contributed by atoms with Crippen LogP contribution in [-0.4, -0.2) is 55.8 Å². The van der Waals surface area contributed by atoms with Gasteiger partial charge < -0.3 is 30.2 Å². The molecule has 0 amide bonds. The van der Waals surface area contributed by atoms with Gasteiger partial charge in [-0.1, -0.05) is 31.2 Å². The highest BCUT2D eigenvalue weighted by Gasteiger charge is 2.45. The maximum atomic E-state index is 5.55. The van der Waals surface area contributed by atoms with Crippen molar-refractivity contribution in [2.75, 3.05) is 42.5 Å². The molecule has 0 aliphatic rings. The summed E-state index contributed by atoms with van der Waals surface area (Å²) in [5.41, 5.74) is 2.63. The van der Waals surface area contributed by atoms with E-state index in [1.165, 1.54) is 11.1 Å². The zero-order chi connectivity index (χ0) is 15.4. The molecule has 1 aromatic carbocycles. The van der Waals surface area contributed by atoms with Crippen LogP contribution < -0.4 is 12.4 Å². The maximum Gasteiger partial charge on any atom is 0.507 e. The average molecular weight is 334 g/mol. The van der Waals surface area contributed by atoms with Crippen LogP contribution in [0.2, 0.25) is 0 Å². The molecule has 0 saturated heterocycles. The second-order valence-corrected chi connectivity index (χ2v) is 9.43. The minimum Gasteiger partial charge on any atom is -1.00 e. The summed E-state index contributed by atoms with van der Waals surface area (Å²) in [5, 5.41) is 0. The van der Waals surface area contributed by atoms with Gasteiger partial charge in [0.1, 0.15) is 6.54 Å². The highest BCUT2D eigenvalue weighted by atomic mass is 35.5. The third kappa shape index (κ3) is 5.36. The van der Waals surface area contributed by atoms with E-state index < -0.39 is 8.80 Å². The lowest BCUT2D eigenvalue weighted by Gasteiger charge is -2.30. The molecule has 1 unspecified atom stereocenters. The van der Waals surface area contributed by atoms with Crippen LogP contribution in [0.25, 0.3) is 0 Å². The van der Waals surface area contributed by atoms with Crippen molar-refractivity contribution in [1.29, 1.82) is 0 Å². The smallest absolute Gasteiger partial charge is 0.507 e. The van der Waals surface area contributed by atoms with Gasteiger partial charge in [-0.25, -0.2) is 0 Å². The minimum absolute atomic E-state index is 0. The van der Waals surface area contributed by atoms with Crippen molar-refractivity contribution in [3.05, 3.63) is 35.4 Å². The summed E-state index contributed by atoms with van der Waals surface area (Å²) in [6.07, 6.45) is 0. The largest absolute Gasteiger partial charge is 1.00 e. The van der Waals surface area contributed by atoms with Crippen LogP contribution in [0, 0.1) is 0 Å². The van der Waals surface area contributed by atoms with Crippen molar-refractivity contribution < 1.29 is 30.2 Å². The summed E-state index contributed by atoms with van der Waals surface area (Å²) in [6, 6.07) is 8.65. The van der Waals surface area contributed by atoms with Gasteiger partial charge in [0.15, 0.2) is 0 Å². The highest BCUT2D eigenvalue weighted by Crippen LogP contribution is 2.28. The van der Waals surface area contributed by atoms with Crippen LogP contribution in [0.5, 0.6) is 0 Å². The maximum absolute atomic E-state index is 5.55. The van der Waals surface area contributed by atoms with Crippen molar-refractivity contribution >= 4 is 8.80 Å². The van der Waals surface area contributed by atoms with E-state index in [4.69, 9.17) is 13.3 Å². The number of hydrogen-bond donors (Lipinski definition) is 0. The van der Waals surface area contributed by atoms with Crippen molar-refractivity contribution in [2.45, 2.75) is 19.0 Å². The zero-order valence-corrected chi connectivity index (χ0v) is 15.9. The predicted molar refractivity (Wildman–Crippen MR) is 83.4 cm³/mol. The first-order valence-electron chi connectivity index (χ1n) is 6.82. The van der Waals surface area contributed by atoms with E-state index >= 15 is 0 Å². The normalized spacial score (nSPS) is 13.7. The number of rotatable bonds is 7. The van der Waals surface area contributed by atoms with Crippen LogP contribution >= 0.6 is 0 Å². The number of quaternary nitrogens is 1.